The summed E-state index contributed by atoms with van der Waals surface area (Å²) >= 11 is 5.13. The van der Waals surface area contributed by atoms with Crippen molar-refractivity contribution in [1.82, 2.24) is 10.6 Å². The van der Waals surface area contributed by atoms with Gasteiger partial charge in [0.05, 0.1) is 13.2 Å². The lowest BCUT2D eigenvalue weighted by molar-refractivity contribution is 0.287. The molecular weight excluding hydrogens is 260 g/mol. The molecule has 4 nitrogen and oxygen atoms in total. The Morgan fingerprint density at radius 1 is 1.05 bits per heavy atom. The standard InChI is InChI=1S/C14H22N2O2S/c1-4-15-14(19)16-10-11-7-8-12(17-5-2)13(9-11)18-6-3/h7-9H,4-6,10H2,1-3H3,(H2,15,16,19). The Labute approximate surface area is 120 Å². The Morgan fingerprint density at radius 2 is 1.74 bits per heavy atom. The van der Waals surface area contributed by atoms with Crippen molar-refractivity contribution < 1.29 is 9.47 Å². The smallest absolute Gasteiger partial charge is 0.166 e. The molecule has 0 spiro atoms. The molecular formula is C14H22N2O2S. The molecule has 0 aliphatic carbocycles. The second-order valence-corrected chi connectivity index (χ2v) is 4.27. The van der Waals surface area contributed by atoms with Gasteiger partial charge in [0.1, 0.15) is 0 Å². The minimum absolute atomic E-state index is 0.618. The predicted molar refractivity (Wildman–Crippen MR) is 81.9 cm³/mol. The maximum atomic E-state index is 5.58. The summed E-state index contributed by atoms with van der Waals surface area (Å²) in [5.41, 5.74) is 1.10. The van der Waals surface area contributed by atoms with Crippen LogP contribution in [-0.2, 0) is 6.54 Å². The highest BCUT2D eigenvalue weighted by Gasteiger charge is 2.06. The van der Waals surface area contributed by atoms with Crippen LogP contribution in [0.5, 0.6) is 11.5 Å². The van der Waals surface area contributed by atoms with Gasteiger partial charge in [-0.2, -0.15) is 0 Å². The van der Waals surface area contributed by atoms with Crippen molar-refractivity contribution in [2.24, 2.45) is 0 Å². The average Bonchev–Trinajstić information content (AvgIpc) is 2.40. The molecule has 0 aliphatic rings. The second-order valence-electron chi connectivity index (χ2n) is 3.86. The van der Waals surface area contributed by atoms with Crippen LogP contribution in [0, 0.1) is 0 Å². The van der Waals surface area contributed by atoms with Crippen molar-refractivity contribution in [3.8, 4) is 11.5 Å². The Kier molecular flexibility index (Phi) is 7.03. The topological polar surface area (TPSA) is 42.5 Å². The molecule has 0 fully saturated rings. The van der Waals surface area contributed by atoms with Crippen LogP contribution in [-0.4, -0.2) is 24.9 Å². The first-order chi connectivity index (χ1) is 9.21. The molecule has 0 aliphatic heterocycles. The van der Waals surface area contributed by atoms with Crippen molar-refractivity contribution in [3.63, 3.8) is 0 Å². The molecule has 0 radical (unpaired) electrons. The van der Waals surface area contributed by atoms with Gasteiger partial charge in [-0.05, 0) is 50.7 Å². The zero-order chi connectivity index (χ0) is 14.1. The maximum Gasteiger partial charge on any atom is 0.166 e. The van der Waals surface area contributed by atoms with E-state index in [0.29, 0.717) is 24.9 Å². The predicted octanol–water partition coefficient (Wildman–Crippen LogP) is 2.47. The van der Waals surface area contributed by atoms with Crippen LogP contribution in [0.1, 0.15) is 26.3 Å². The van der Waals surface area contributed by atoms with Gasteiger partial charge >= 0.3 is 0 Å². The third kappa shape index (κ3) is 5.34. The van der Waals surface area contributed by atoms with E-state index in [-0.39, 0.29) is 0 Å². The van der Waals surface area contributed by atoms with Crippen LogP contribution < -0.4 is 20.1 Å². The molecule has 2 N–H and O–H groups in total. The summed E-state index contributed by atoms with van der Waals surface area (Å²) in [6.07, 6.45) is 0. The summed E-state index contributed by atoms with van der Waals surface area (Å²) in [7, 11) is 0. The molecule has 0 aromatic heterocycles. The zero-order valence-electron chi connectivity index (χ0n) is 11.8. The molecule has 19 heavy (non-hydrogen) atoms. The Morgan fingerprint density at radius 3 is 2.37 bits per heavy atom. The van der Waals surface area contributed by atoms with E-state index in [1.54, 1.807) is 0 Å². The van der Waals surface area contributed by atoms with Gasteiger partial charge in [-0.25, -0.2) is 0 Å². The van der Waals surface area contributed by atoms with E-state index < -0.39 is 0 Å². The van der Waals surface area contributed by atoms with E-state index >= 15 is 0 Å². The van der Waals surface area contributed by atoms with E-state index in [4.69, 9.17) is 21.7 Å². The van der Waals surface area contributed by atoms with E-state index in [9.17, 15) is 0 Å². The monoisotopic (exact) mass is 282 g/mol. The summed E-state index contributed by atoms with van der Waals surface area (Å²) in [5.74, 6) is 1.56. The van der Waals surface area contributed by atoms with Gasteiger partial charge in [0.25, 0.3) is 0 Å². The number of thiocarbonyl (C=S) groups is 1. The lowest BCUT2D eigenvalue weighted by atomic mass is 10.2. The lowest BCUT2D eigenvalue weighted by Gasteiger charge is -2.13. The van der Waals surface area contributed by atoms with Crippen LogP contribution in [0.4, 0.5) is 0 Å². The molecule has 106 valence electrons. The molecule has 0 saturated carbocycles. The number of benzene rings is 1. The third-order valence-corrected chi connectivity index (χ3v) is 2.69. The van der Waals surface area contributed by atoms with Crippen LogP contribution >= 0.6 is 12.2 Å². The van der Waals surface area contributed by atoms with E-state index in [0.717, 1.165) is 23.6 Å². The van der Waals surface area contributed by atoms with Crippen molar-refractivity contribution in [2.45, 2.75) is 27.3 Å². The van der Waals surface area contributed by atoms with Crippen LogP contribution in [0.2, 0.25) is 0 Å². The molecule has 5 heteroatoms. The minimum Gasteiger partial charge on any atom is -0.490 e. The second kappa shape index (κ2) is 8.58. The van der Waals surface area contributed by atoms with Gasteiger partial charge in [0.15, 0.2) is 16.6 Å². The van der Waals surface area contributed by atoms with Crippen LogP contribution in [0.15, 0.2) is 18.2 Å². The van der Waals surface area contributed by atoms with Crippen molar-refractivity contribution in [2.75, 3.05) is 19.8 Å². The van der Waals surface area contributed by atoms with Crippen molar-refractivity contribution in [1.29, 1.82) is 0 Å². The first-order valence-electron chi connectivity index (χ1n) is 6.61. The van der Waals surface area contributed by atoms with Crippen LogP contribution in [0.25, 0.3) is 0 Å². The van der Waals surface area contributed by atoms with E-state index in [1.807, 2.05) is 39.0 Å². The SMILES string of the molecule is CCNC(=S)NCc1ccc(OCC)c(OCC)c1. The summed E-state index contributed by atoms with van der Waals surface area (Å²) in [6.45, 7) is 8.66. The molecule has 1 aromatic rings. The summed E-state index contributed by atoms with van der Waals surface area (Å²) in [5, 5.41) is 6.86. The van der Waals surface area contributed by atoms with Gasteiger partial charge in [-0.3, -0.25) is 0 Å². The maximum absolute atomic E-state index is 5.58. The number of ether oxygens (including phenoxy) is 2. The highest BCUT2D eigenvalue weighted by molar-refractivity contribution is 7.80. The Bertz CT molecular complexity index is 410. The third-order valence-electron chi connectivity index (χ3n) is 2.40. The minimum atomic E-state index is 0.618. The number of rotatable bonds is 7. The van der Waals surface area contributed by atoms with Gasteiger partial charge < -0.3 is 20.1 Å². The van der Waals surface area contributed by atoms with Gasteiger partial charge in [0, 0.05) is 13.1 Å². The number of nitrogens with one attached hydrogen (secondary N) is 2. The first-order valence-corrected chi connectivity index (χ1v) is 7.02. The molecule has 0 saturated heterocycles. The number of hydrogen-bond acceptors (Lipinski definition) is 3. The summed E-state index contributed by atoms with van der Waals surface area (Å²) in [6, 6.07) is 5.92. The summed E-state index contributed by atoms with van der Waals surface area (Å²) in [4.78, 5) is 0. The van der Waals surface area contributed by atoms with E-state index in [2.05, 4.69) is 10.6 Å². The normalized spacial score (nSPS) is 9.84. The lowest BCUT2D eigenvalue weighted by Crippen LogP contribution is -2.34. The highest BCUT2D eigenvalue weighted by atomic mass is 32.1. The molecule has 1 rings (SSSR count). The Balaban J connectivity index is 2.69. The van der Waals surface area contributed by atoms with Gasteiger partial charge in [-0.15, -0.1) is 0 Å². The van der Waals surface area contributed by atoms with Crippen LogP contribution in [0.3, 0.4) is 0 Å². The van der Waals surface area contributed by atoms with E-state index in [1.165, 1.54) is 0 Å². The molecule has 0 heterocycles. The Hall–Kier alpha value is -1.49. The first kappa shape index (κ1) is 15.6. The molecule has 1 aromatic carbocycles. The van der Waals surface area contributed by atoms with Gasteiger partial charge in [-0.1, -0.05) is 6.07 Å². The fraction of sp³-hybridized carbons (Fsp3) is 0.500. The average molecular weight is 282 g/mol. The number of hydrogen-bond donors (Lipinski definition) is 2. The fourth-order valence-corrected chi connectivity index (χ4v) is 1.83. The largest absolute Gasteiger partial charge is 0.490 e. The molecule has 0 amide bonds. The molecule has 0 atom stereocenters. The van der Waals surface area contributed by atoms with Crippen molar-refractivity contribution in [3.05, 3.63) is 23.8 Å². The quantitative estimate of drug-likeness (QED) is 0.752. The molecule has 0 bridgehead atoms. The van der Waals surface area contributed by atoms with Crippen molar-refractivity contribution >= 4 is 17.3 Å². The fourth-order valence-electron chi connectivity index (χ4n) is 1.61. The summed E-state index contributed by atoms with van der Waals surface area (Å²) < 4.78 is 11.1. The van der Waals surface area contributed by atoms with Gasteiger partial charge in [0.2, 0.25) is 0 Å². The molecule has 0 unspecified atom stereocenters. The zero-order valence-corrected chi connectivity index (χ0v) is 12.6. The highest BCUT2D eigenvalue weighted by Crippen LogP contribution is 2.28.